The summed E-state index contributed by atoms with van der Waals surface area (Å²) >= 11 is 6.22. The number of unbranched alkanes of at least 4 members (excludes halogenated alkanes) is 2. The predicted molar refractivity (Wildman–Crippen MR) is 141 cm³/mol. The largest absolute Gasteiger partial charge is 0.356 e. The summed E-state index contributed by atoms with van der Waals surface area (Å²) in [5.41, 5.74) is 0.582. The lowest BCUT2D eigenvalue weighted by atomic mass is 10.1. The van der Waals surface area contributed by atoms with Gasteiger partial charge in [0.1, 0.15) is 5.82 Å². The molecular formula is C28H27ClFN3O3. The molecule has 1 heterocycles. The number of nitrogens with one attached hydrogen (secondary N) is 1. The fourth-order valence-corrected chi connectivity index (χ4v) is 4.38. The molecule has 0 aliphatic carbocycles. The number of halogens is 2. The highest BCUT2D eigenvalue weighted by Crippen LogP contribution is 2.21. The normalized spacial score (nSPS) is 11.1. The molecule has 1 amide bonds. The van der Waals surface area contributed by atoms with Crippen molar-refractivity contribution in [3.05, 3.63) is 110 Å². The predicted octanol–water partition coefficient (Wildman–Crippen LogP) is 4.84. The second kappa shape index (κ2) is 11.4. The summed E-state index contributed by atoms with van der Waals surface area (Å²) < 4.78 is 16.9. The summed E-state index contributed by atoms with van der Waals surface area (Å²) in [5.74, 6) is -0.612. The first kappa shape index (κ1) is 25.4. The van der Waals surface area contributed by atoms with Crippen LogP contribution in [0.25, 0.3) is 16.6 Å². The van der Waals surface area contributed by atoms with Crippen LogP contribution in [0.1, 0.15) is 37.3 Å². The first-order valence-corrected chi connectivity index (χ1v) is 12.3. The minimum atomic E-state index is -0.612. The van der Waals surface area contributed by atoms with Gasteiger partial charge in [-0.2, -0.15) is 0 Å². The summed E-state index contributed by atoms with van der Waals surface area (Å²) in [5, 5.41) is 3.42. The van der Waals surface area contributed by atoms with E-state index < -0.39 is 17.1 Å². The van der Waals surface area contributed by atoms with Crippen molar-refractivity contribution in [3.63, 3.8) is 0 Å². The molecule has 0 radical (unpaired) electrons. The van der Waals surface area contributed by atoms with Gasteiger partial charge in [0, 0.05) is 17.1 Å². The second-order valence-electron chi connectivity index (χ2n) is 8.63. The number of rotatable bonds is 9. The second-order valence-corrected chi connectivity index (χ2v) is 9.03. The molecule has 0 atom stereocenters. The maximum Gasteiger partial charge on any atom is 0.336 e. The van der Waals surface area contributed by atoms with Gasteiger partial charge in [-0.25, -0.2) is 13.8 Å². The first-order valence-electron chi connectivity index (χ1n) is 11.9. The number of benzene rings is 3. The van der Waals surface area contributed by atoms with Crippen LogP contribution in [0.4, 0.5) is 4.39 Å². The minimum Gasteiger partial charge on any atom is -0.356 e. The lowest BCUT2D eigenvalue weighted by molar-refractivity contribution is -0.120. The molecular weight excluding hydrogens is 481 g/mol. The number of para-hydroxylation sites is 1. The number of hydrogen-bond donors (Lipinski definition) is 1. The zero-order chi connectivity index (χ0) is 25.7. The van der Waals surface area contributed by atoms with Crippen molar-refractivity contribution in [2.45, 2.75) is 39.2 Å². The summed E-state index contributed by atoms with van der Waals surface area (Å²) in [4.78, 5) is 39.1. The third kappa shape index (κ3) is 5.41. The Labute approximate surface area is 213 Å². The van der Waals surface area contributed by atoms with Gasteiger partial charge in [0.05, 0.1) is 29.6 Å². The molecule has 36 heavy (non-hydrogen) atoms. The van der Waals surface area contributed by atoms with Crippen LogP contribution in [-0.4, -0.2) is 21.6 Å². The number of amides is 1. The average molecular weight is 508 g/mol. The molecule has 0 spiro atoms. The fourth-order valence-electron chi connectivity index (χ4n) is 4.16. The Balaban J connectivity index is 1.70. The molecule has 4 rings (SSSR count). The van der Waals surface area contributed by atoms with Gasteiger partial charge in [0.15, 0.2) is 0 Å². The number of fused-ring (bicyclic) bond motifs is 1. The van der Waals surface area contributed by atoms with Crippen molar-refractivity contribution in [3.8, 4) is 5.69 Å². The van der Waals surface area contributed by atoms with Crippen LogP contribution in [0.5, 0.6) is 0 Å². The van der Waals surface area contributed by atoms with Gasteiger partial charge < -0.3 is 5.32 Å². The van der Waals surface area contributed by atoms with Crippen molar-refractivity contribution >= 4 is 28.4 Å². The average Bonchev–Trinajstić information content (AvgIpc) is 2.87. The Morgan fingerprint density at radius 2 is 1.72 bits per heavy atom. The third-order valence-corrected chi connectivity index (χ3v) is 6.44. The Kier molecular flexibility index (Phi) is 8.00. The smallest absolute Gasteiger partial charge is 0.336 e. The molecule has 0 saturated heterocycles. The summed E-state index contributed by atoms with van der Waals surface area (Å²) in [7, 11) is 0. The van der Waals surface area contributed by atoms with Gasteiger partial charge in [-0.1, -0.05) is 61.7 Å². The molecule has 1 aromatic heterocycles. The van der Waals surface area contributed by atoms with Crippen molar-refractivity contribution in [2.24, 2.45) is 0 Å². The highest BCUT2D eigenvalue weighted by Gasteiger charge is 2.17. The Morgan fingerprint density at radius 3 is 2.44 bits per heavy atom. The van der Waals surface area contributed by atoms with Crippen molar-refractivity contribution in [2.75, 3.05) is 6.54 Å². The summed E-state index contributed by atoms with van der Waals surface area (Å²) in [6.45, 7) is 2.61. The molecule has 1 N–H and O–H groups in total. The van der Waals surface area contributed by atoms with Crippen LogP contribution in [-0.2, 0) is 17.8 Å². The summed E-state index contributed by atoms with van der Waals surface area (Å²) in [6, 6.07) is 17.8. The van der Waals surface area contributed by atoms with E-state index in [9.17, 15) is 18.8 Å². The van der Waals surface area contributed by atoms with Crippen LogP contribution >= 0.6 is 11.6 Å². The van der Waals surface area contributed by atoms with E-state index in [1.54, 1.807) is 54.6 Å². The molecule has 0 aliphatic rings. The van der Waals surface area contributed by atoms with Gasteiger partial charge in [0.2, 0.25) is 5.91 Å². The van der Waals surface area contributed by atoms with Crippen LogP contribution in [0.3, 0.4) is 0 Å². The number of carbonyl (C=O) groups excluding carboxylic acids is 1. The number of carbonyl (C=O) groups is 1. The molecule has 3 aromatic carbocycles. The Morgan fingerprint density at radius 1 is 0.972 bits per heavy atom. The van der Waals surface area contributed by atoms with Gasteiger partial charge in [-0.05, 0) is 48.4 Å². The van der Waals surface area contributed by atoms with Crippen LogP contribution in [0.15, 0.2) is 76.3 Å². The zero-order valence-corrected chi connectivity index (χ0v) is 20.7. The van der Waals surface area contributed by atoms with Gasteiger partial charge in [-0.3, -0.25) is 14.2 Å². The maximum absolute atomic E-state index is 14.5. The molecule has 0 unspecified atom stereocenters. The molecule has 4 aromatic rings. The van der Waals surface area contributed by atoms with Gasteiger partial charge >= 0.3 is 5.69 Å². The van der Waals surface area contributed by atoms with Crippen molar-refractivity contribution < 1.29 is 9.18 Å². The van der Waals surface area contributed by atoms with Crippen molar-refractivity contribution in [1.82, 2.24) is 14.5 Å². The topological polar surface area (TPSA) is 73.1 Å². The molecule has 0 aliphatic heterocycles. The van der Waals surface area contributed by atoms with E-state index in [-0.39, 0.29) is 29.5 Å². The van der Waals surface area contributed by atoms with E-state index >= 15 is 0 Å². The molecule has 8 heteroatoms. The highest BCUT2D eigenvalue weighted by atomic mass is 35.5. The van der Waals surface area contributed by atoms with Crippen LogP contribution in [0, 0.1) is 5.82 Å². The lowest BCUT2D eigenvalue weighted by Gasteiger charge is -2.15. The van der Waals surface area contributed by atoms with Crippen molar-refractivity contribution in [1.29, 1.82) is 0 Å². The number of hydrogen-bond acceptors (Lipinski definition) is 3. The maximum atomic E-state index is 14.5. The standard InChI is InChI=1S/C28H27ClFN3O3/c1-2-3-6-16-31-26(34)17-19-12-14-20(15-13-19)33-27(35)21-8-4-5-11-25(21)32(28(33)36)18-22-23(29)9-7-10-24(22)30/h4-5,7-15H,2-3,6,16-18H2,1H3,(H,31,34). The minimum absolute atomic E-state index is 0.0779. The SMILES string of the molecule is CCCCCNC(=O)Cc1ccc(-n2c(=O)c3ccccc3n(Cc3c(F)cccc3Cl)c2=O)cc1. The number of nitrogens with zero attached hydrogens (tertiary/aromatic N) is 2. The monoisotopic (exact) mass is 507 g/mol. The fraction of sp³-hybridized carbons (Fsp3) is 0.250. The van der Waals surface area contributed by atoms with E-state index in [1.165, 1.54) is 16.7 Å². The van der Waals surface area contributed by atoms with Crippen LogP contribution < -0.4 is 16.6 Å². The van der Waals surface area contributed by atoms with E-state index in [4.69, 9.17) is 11.6 Å². The molecule has 186 valence electrons. The Hall–Kier alpha value is -3.71. The molecule has 0 bridgehead atoms. The molecule has 0 fully saturated rings. The van der Waals surface area contributed by atoms with E-state index in [2.05, 4.69) is 12.2 Å². The molecule has 6 nitrogen and oxygen atoms in total. The van der Waals surface area contributed by atoms with Crippen LogP contribution in [0.2, 0.25) is 5.02 Å². The van der Waals surface area contributed by atoms with E-state index in [0.29, 0.717) is 23.1 Å². The zero-order valence-electron chi connectivity index (χ0n) is 20.0. The van der Waals surface area contributed by atoms with Gasteiger partial charge in [0.25, 0.3) is 5.56 Å². The van der Waals surface area contributed by atoms with Gasteiger partial charge in [-0.15, -0.1) is 0 Å². The van der Waals surface area contributed by atoms with E-state index in [0.717, 1.165) is 29.4 Å². The lowest BCUT2D eigenvalue weighted by Crippen LogP contribution is -2.39. The number of aromatic nitrogens is 2. The first-order chi connectivity index (χ1) is 17.4. The molecule has 0 saturated carbocycles. The van der Waals surface area contributed by atoms with E-state index in [1.807, 2.05) is 0 Å². The highest BCUT2D eigenvalue weighted by molar-refractivity contribution is 6.31. The summed E-state index contributed by atoms with van der Waals surface area (Å²) in [6.07, 6.45) is 3.29. The Bertz CT molecular complexity index is 1490. The third-order valence-electron chi connectivity index (χ3n) is 6.09. The quantitative estimate of drug-likeness (QED) is 0.329.